The molecule has 0 unspecified atom stereocenters. The van der Waals surface area contributed by atoms with Crippen LogP contribution in [0.2, 0.25) is 0 Å². The number of amides is 1. The van der Waals surface area contributed by atoms with Crippen molar-refractivity contribution in [2.75, 3.05) is 18.9 Å². The Labute approximate surface area is 95.5 Å². The molecule has 4 heteroatoms. The van der Waals surface area contributed by atoms with Gasteiger partial charge >= 0.3 is 0 Å². The summed E-state index contributed by atoms with van der Waals surface area (Å²) in [6.45, 7) is 0.749. The van der Waals surface area contributed by atoms with E-state index in [1.165, 1.54) is 0 Å². The minimum absolute atomic E-state index is 0.112. The summed E-state index contributed by atoms with van der Waals surface area (Å²) in [7, 11) is 1.89. The first-order valence-corrected chi connectivity index (χ1v) is 5.63. The summed E-state index contributed by atoms with van der Waals surface area (Å²) in [4.78, 5) is 16.1. The lowest BCUT2D eigenvalue weighted by molar-refractivity contribution is -0.129. The van der Waals surface area contributed by atoms with E-state index in [-0.39, 0.29) is 11.3 Å². The molecular weight excluding hydrogens is 202 g/mol. The molecular formula is C12H17N3O. The Balaban J connectivity index is 2.02. The molecule has 1 aromatic rings. The van der Waals surface area contributed by atoms with Gasteiger partial charge in [-0.2, -0.15) is 0 Å². The highest BCUT2D eigenvalue weighted by Gasteiger charge is 2.43. The van der Waals surface area contributed by atoms with Crippen LogP contribution >= 0.6 is 0 Å². The number of hydrogen-bond donors (Lipinski definition) is 2. The summed E-state index contributed by atoms with van der Waals surface area (Å²) in [6, 6.07) is 3.68. The summed E-state index contributed by atoms with van der Waals surface area (Å²) in [6.07, 6.45) is 6.45. The fraction of sp³-hybridized carbons (Fsp3) is 0.500. The molecule has 4 nitrogen and oxygen atoms in total. The largest absolute Gasteiger partial charge is 0.324 e. The number of carbonyl (C=O) groups is 1. The van der Waals surface area contributed by atoms with Crippen molar-refractivity contribution in [3.8, 4) is 0 Å². The lowest BCUT2D eigenvalue weighted by atomic mass is 9.68. The van der Waals surface area contributed by atoms with Crippen molar-refractivity contribution in [3.05, 3.63) is 24.5 Å². The van der Waals surface area contributed by atoms with Gasteiger partial charge in [0.15, 0.2) is 0 Å². The van der Waals surface area contributed by atoms with Gasteiger partial charge < -0.3 is 10.6 Å². The van der Waals surface area contributed by atoms with Gasteiger partial charge in [-0.1, -0.05) is 6.42 Å². The van der Waals surface area contributed by atoms with Crippen LogP contribution in [0.15, 0.2) is 24.5 Å². The zero-order valence-corrected chi connectivity index (χ0v) is 9.49. The van der Waals surface area contributed by atoms with Crippen LogP contribution < -0.4 is 10.6 Å². The normalized spacial score (nSPS) is 17.6. The summed E-state index contributed by atoms with van der Waals surface area (Å²) in [5.41, 5.74) is 0.569. The zero-order valence-electron chi connectivity index (χ0n) is 9.49. The van der Waals surface area contributed by atoms with Crippen molar-refractivity contribution in [1.29, 1.82) is 0 Å². The number of pyridine rings is 1. The van der Waals surface area contributed by atoms with E-state index in [2.05, 4.69) is 15.6 Å². The second-order valence-electron chi connectivity index (χ2n) is 4.36. The lowest BCUT2D eigenvalue weighted by Gasteiger charge is -2.40. The van der Waals surface area contributed by atoms with Gasteiger partial charge in [0.2, 0.25) is 5.91 Å². The van der Waals surface area contributed by atoms with Crippen LogP contribution in [-0.2, 0) is 4.79 Å². The van der Waals surface area contributed by atoms with E-state index >= 15 is 0 Å². The standard InChI is InChI=1S/C12H17N3O/c1-13-9-12(5-3-6-12)11(16)15-10-4-2-7-14-8-10/h2,4,7-8,13H,3,5-6,9H2,1H3,(H,15,16). The second-order valence-corrected chi connectivity index (χ2v) is 4.36. The number of carbonyl (C=O) groups excluding carboxylic acids is 1. The van der Waals surface area contributed by atoms with Gasteiger partial charge in [0.25, 0.3) is 0 Å². The van der Waals surface area contributed by atoms with Gasteiger partial charge in [0.1, 0.15) is 0 Å². The third kappa shape index (κ3) is 2.07. The molecule has 1 fully saturated rings. The molecule has 16 heavy (non-hydrogen) atoms. The monoisotopic (exact) mass is 219 g/mol. The average Bonchev–Trinajstić information content (AvgIpc) is 2.24. The van der Waals surface area contributed by atoms with Crippen LogP contribution in [0.4, 0.5) is 5.69 Å². The molecule has 1 saturated carbocycles. The summed E-state index contributed by atoms with van der Waals surface area (Å²) < 4.78 is 0. The fourth-order valence-corrected chi connectivity index (χ4v) is 2.13. The fourth-order valence-electron chi connectivity index (χ4n) is 2.13. The van der Waals surface area contributed by atoms with E-state index in [4.69, 9.17) is 0 Å². The highest BCUT2D eigenvalue weighted by atomic mass is 16.2. The number of nitrogens with zero attached hydrogens (tertiary/aromatic N) is 1. The highest BCUT2D eigenvalue weighted by Crippen LogP contribution is 2.41. The molecule has 0 bridgehead atoms. The number of rotatable bonds is 4. The lowest BCUT2D eigenvalue weighted by Crippen LogP contribution is -2.48. The molecule has 0 atom stereocenters. The quantitative estimate of drug-likeness (QED) is 0.805. The molecule has 1 aliphatic rings. The maximum atomic E-state index is 12.1. The van der Waals surface area contributed by atoms with Gasteiger partial charge in [-0.05, 0) is 32.0 Å². The topological polar surface area (TPSA) is 54.0 Å². The Bertz CT molecular complexity index is 360. The SMILES string of the molecule is CNCC1(C(=O)Nc2cccnc2)CCC1. The number of nitrogens with one attached hydrogen (secondary N) is 2. The minimum Gasteiger partial charge on any atom is -0.324 e. The van der Waals surface area contributed by atoms with E-state index in [1.54, 1.807) is 12.4 Å². The summed E-state index contributed by atoms with van der Waals surface area (Å²) >= 11 is 0. The van der Waals surface area contributed by atoms with Crippen molar-refractivity contribution < 1.29 is 4.79 Å². The van der Waals surface area contributed by atoms with E-state index in [0.29, 0.717) is 0 Å². The van der Waals surface area contributed by atoms with Gasteiger partial charge in [-0.3, -0.25) is 9.78 Å². The van der Waals surface area contributed by atoms with Gasteiger partial charge in [-0.25, -0.2) is 0 Å². The van der Waals surface area contributed by atoms with E-state index in [1.807, 2.05) is 19.2 Å². The Morgan fingerprint density at radius 2 is 2.38 bits per heavy atom. The Hall–Kier alpha value is -1.42. The molecule has 86 valence electrons. The van der Waals surface area contributed by atoms with E-state index in [0.717, 1.165) is 31.5 Å². The van der Waals surface area contributed by atoms with Crippen LogP contribution in [0.5, 0.6) is 0 Å². The first-order valence-electron chi connectivity index (χ1n) is 5.63. The molecule has 2 N–H and O–H groups in total. The van der Waals surface area contributed by atoms with Crippen LogP contribution in [0.3, 0.4) is 0 Å². The van der Waals surface area contributed by atoms with Crippen molar-refractivity contribution >= 4 is 11.6 Å². The second kappa shape index (κ2) is 4.61. The molecule has 1 aromatic heterocycles. The predicted molar refractivity (Wildman–Crippen MR) is 63.1 cm³/mol. The number of anilines is 1. The van der Waals surface area contributed by atoms with Crippen LogP contribution in [-0.4, -0.2) is 24.5 Å². The highest BCUT2D eigenvalue weighted by molar-refractivity contribution is 5.95. The van der Waals surface area contributed by atoms with Gasteiger partial charge in [0.05, 0.1) is 17.3 Å². The molecule has 1 heterocycles. The number of hydrogen-bond acceptors (Lipinski definition) is 3. The maximum Gasteiger partial charge on any atom is 0.231 e. The van der Waals surface area contributed by atoms with E-state index in [9.17, 15) is 4.79 Å². The number of aromatic nitrogens is 1. The molecule has 0 aliphatic heterocycles. The molecule has 1 amide bonds. The average molecular weight is 219 g/mol. The molecule has 0 spiro atoms. The molecule has 2 rings (SSSR count). The molecule has 0 saturated heterocycles. The first kappa shape index (κ1) is 11.1. The molecule has 0 radical (unpaired) electrons. The van der Waals surface area contributed by atoms with Gasteiger partial charge in [-0.15, -0.1) is 0 Å². The van der Waals surface area contributed by atoms with Gasteiger partial charge in [0, 0.05) is 12.7 Å². The van der Waals surface area contributed by atoms with Crippen molar-refractivity contribution in [3.63, 3.8) is 0 Å². The van der Waals surface area contributed by atoms with Crippen molar-refractivity contribution in [2.24, 2.45) is 5.41 Å². The van der Waals surface area contributed by atoms with E-state index < -0.39 is 0 Å². The first-order chi connectivity index (χ1) is 7.77. The maximum absolute atomic E-state index is 12.1. The third-order valence-electron chi connectivity index (χ3n) is 3.23. The minimum atomic E-state index is -0.204. The molecule has 1 aliphatic carbocycles. The summed E-state index contributed by atoms with van der Waals surface area (Å²) in [5, 5.41) is 6.03. The van der Waals surface area contributed by atoms with Crippen molar-refractivity contribution in [1.82, 2.24) is 10.3 Å². The van der Waals surface area contributed by atoms with Crippen LogP contribution in [0, 0.1) is 5.41 Å². The summed E-state index contributed by atoms with van der Waals surface area (Å²) in [5.74, 6) is 0.112. The Kier molecular flexibility index (Phi) is 3.19. The zero-order chi connectivity index (χ0) is 11.4. The van der Waals surface area contributed by atoms with Crippen molar-refractivity contribution in [2.45, 2.75) is 19.3 Å². The third-order valence-corrected chi connectivity index (χ3v) is 3.23. The Morgan fingerprint density at radius 1 is 1.56 bits per heavy atom. The van der Waals surface area contributed by atoms with Crippen LogP contribution in [0.1, 0.15) is 19.3 Å². The Morgan fingerprint density at radius 3 is 2.88 bits per heavy atom. The molecule has 0 aromatic carbocycles. The predicted octanol–water partition coefficient (Wildman–Crippen LogP) is 1.41. The van der Waals surface area contributed by atoms with Crippen LogP contribution in [0.25, 0.3) is 0 Å². The smallest absolute Gasteiger partial charge is 0.231 e.